The Morgan fingerprint density at radius 1 is 1.18 bits per heavy atom. The fourth-order valence-corrected chi connectivity index (χ4v) is 5.80. The van der Waals surface area contributed by atoms with Crippen molar-refractivity contribution in [2.75, 3.05) is 13.1 Å². The molecule has 2 fully saturated rings. The summed E-state index contributed by atoms with van der Waals surface area (Å²) in [6.45, 7) is 3.01. The lowest BCUT2D eigenvalue weighted by atomic mass is 9.82. The predicted molar refractivity (Wildman–Crippen MR) is 136 cm³/mol. The number of H-pyrrole nitrogens is 1. The molecule has 1 N–H and O–H groups in total. The zero-order valence-corrected chi connectivity index (χ0v) is 21.3. The maximum atomic E-state index is 13.1. The van der Waals surface area contributed by atoms with Crippen molar-refractivity contribution in [3.8, 4) is 23.2 Å². The number of pyridine rings is 1. The second kappa shape index (κ2) is 9.64. The molecule has 12 heteroatoms. The van der Waals surface area contributed by atoms with E-state index >= 15 is 0 Å². The Hall–Kier alpha value is -3.98. The third-order valence-electron chi connectivity index (χ3n) is 7.78. The molecule has 0 radical (unpaired) electrons. The molecule has 4 aromatic heterocycles. The van der Waals surface area contributed by atoms with Crippen molar-refractivity contribution in [2.24, 2.45) is 0 Å². The van der Waals surface area contributed by atoms with Crippen LogP contribution in [0.25, 0.3) is 22.3 Å². The molecule has 6 rings (SSSR count). The van der Waals surface area contributed by atoms with Crippen molar-refractivity contribution in [2.45, 2.75) is 62.9 Å². The summed E-state index contributed by atoms with van der Waals surface area (Å²) in [5, 5.41) is 15.1. The number of hydrogen-bond donors (Lipinski definition) is 1. The largest absolute Gasteiger partial charge is 0.474 e. The van der Waals surface area contributed by atoms with Crippen molar-refractivity contribution < 1.29 is 17.9 Å². The van der Waals surface area contributed by atoms with E-state index in [0.717, 1.165) is 54.0 Å². The molecule has 1 aliphatic carbocycles. The lowest BCUT2D eigenvalue weighted by molar-refractivity contribution is -0.141. The van der Waals surface area contributed by atoms with E-state index in [0.29, 0.717) is 31.1 Å². The Balaban J connectivity index is 1.09. The SMILES string of the molecule is Cc1cc(OC2CCC(N3CC(CC#N)(n4cc(-c5ncnc6[nH]ccc56)cn4)C3)CC2)nc(C(F)(F)F)c1. The number of alkyl halides is 3. The molecule has 202 valence electrons. The number of aromatic nitrogens is 6. The fraction of sp³-hybridized carbons (Fsp3) is 0.444. The van der Waals surface area contributed by atoms with E-state index in [2.05, 4.69) is 36.0 Å². The first-order valence-corrected chi connectivity index (χ1v) is 12.9. The van der Waals surface area contributed by atoms with E-state index in [4.69, 9.17) is 4.74 Å². The molecule has 0 bridgehead atoms. The Morgan fingerprint density at radius 3 is 2.72 bits per heavy atom. The number of aromatic amines is 1. The number of hydrogen-bond acceptors (Lipinski definition) is 7. The van der Waals surface area contributed by atoms with Gasteiger partial charge in [-0.05, 0) is 50.3 Å². The number of halogens is 3. The normalized spacial score (nSPS) is 21.4. The fourth-order valence-electron chi connectivity index (χ4n) is 5.80. The molecule has 5 heterocycles. The number of rotatable bonds is 6. The monoisotopic (exact) mass is 536 g/mol. The van der Waals surface area contributed by atoms with Gasteiger partial charge < -0.3 is 9.72 Å². The molecule has 4 aromatic rings. The highest BCUT2D eigenvalue weighted by molar-refractivity contribution is 5.90. The van der Waals surface area contributed by atoms with Crippen LogP contribution in [0.3, 0.4) is 0 Å². The molecule has 0 amide bonds. The lowest BCUT2D eigenvalue weighted by Crippen LogP contribution is -2.65. The van der Waals surface area contributed by atoms with E-state index in [1.807, 2.05) is 23.1 Å². The molecular formula is C27H27F3N8O. The van der Waals surface area contributed by atoms with E-state index in [1.165, 1.54) is 6.33 Å². The van der Waals surface area contributed by atoms with Gasteiger partial charge in [-0.25, -0.2) is 15.0 Å². The Bertz CT molecular complexity index is 1520. The number of ether oxygens (including phenoxy) is 1. The summed E-state index contributed by atoms with van der Waals surface area (Å²) in [4.78, 5) is 17.8. The van der Waals surface area contributed by atoms with Crippen LogP contribution < -0.4 is 4.74 Å². The van der Waals surface area contributed by atoms with E-state index < -0.39 is 17.4 Å². The molecule has 1 saturated heterocycles. The minimum absolute atomic E-state index is 0.0258. The highest BCUT2D eigenvalue weighted by Gasteiger charge is 2.48. The lowest BCUT2D eigenvalue weighted by Gasteiger charge is -2.53. The molecule has 39 heavy (non-hydrogen) atoms. The van der Waals surface area contributed by atoms with Gasteiger partial charge in [0.05, 0.1) is 24.4 Å². The van der Waals surface area contributed by atoms with Crippen molar-refractivity contribution in [1.82, 2.24) is 34.6 Å². The van der Waals surface area contributed by atoms with Gasteiger partial charge in [-0.2, -0.15) is 23.5 Å². The van der Waals surface area contributed by atoms with Gasteiger partial charge in [-0.1, -0.05) is 0 Å². The molecule has 0 spiro atoms. The minimum atomic E-state index is -4.51. The van der Waals surface area contributed by atoms with Gasteiger partial charge in [0.1, 0.15) is 29.3 Å². The maximum Gasteiger partial charge on any atom is 0.433 e. The Morgan fingerprint density at radius 2 is 1.97 bits per heavy atom. The van der Waals surface area contributed by atoms with Gasteiger partial charge in [-0.15, -0.1) is 0 Å². The molecule has 1 aliphatic heterocycles. The number of likely N-dealkylation sites (tertiary alicyclic amines) is 1. The first kappa shape index (κ1) is 25.3. The van der Waals surface area contributed by atoms with Crippen molar-refractivity contribution in [1.29, 1.82) is 5.26 Å². The van der Waals surface area contributed by atoms with Gasteiger partial charge >= 0.3 is 6.18 Å². The minimum Gasteiger partial charge on any atom is -0.474 e. The standard InChI is InChI=1S/C27H27F3N8O/c1-17-10-22(27(28,29)30)36-23(11-17)39-20-4-2-19(3-5-20)37-14-26(15-37,7-8-31)38-13-18(12-35-38)24-21-6-9-32-25(21)34-16-33-24/h6,9-13,16,19-20H,2-5,7,14-15H2,1H3,(H,32,33,34). The van der Waals surface area contributed by atoms with Crippen LogP contribution in [0.1, 0.15) is 43.4 Å². The number of nitriles is 1. The zero-order chi connectivity index (χ0) is 27.2. The van der Waals surface area contributed by atoms with Gasteiger partial charge in [0.15, 0.2) is 0 Å². The van der Waals surface area contributed by atoms with Gasteiger partial charge in [-0.3, -0.25) is 9.58 Å². The Kier molecular flexibility index (Phi) is 6.26. The first-order chi connectivity index (χ1) is 18.7. The summed E-state index contributed by atoms with van der Waals surface area (Å²) in [5.74, 6) is 0.0258. The maximum absolute atomic E-state index is 13.1. The molecule has 2 aliphatic rings. The smallest absolute Gasteiger partial charge is 0.433 e. The van der Waals surface area contributed by atoms with Crippen LogP contribution in [0, 0.1) is 18.3 Å². The summed E-state index contributed by atoms with van der Waals surface area (Å²) in [7, 11) is 0. The molecule has 0 atom stereocenters. The van der Waals surface area contributed by atoms with Crippen LogP contribution in [0.15, 0.2) is 43.1 Å². The average Bonchev–Trinajstić information content (AvgIpc) is 3.56. The van der Waals surface area contributed by atoms with Gasteiger partial charge in [0.2, 0.25) is 5.88 Å². The highest BCUT2D eigenvalue weighted by Crippen LogP contribution is 2.39. The highest BCUT2D eigenvalue weighted by atomic mass is 19.4. The molecular weight excluding hydrogens is 509 g/mol. The van der Waals surface area contributed by atoms with Crippen molar-refractivity contribution >= 4 is 11.0 Å². The summed E-state index contributed by atoms with van der Waals surface area (Å²) >= 11 is 0. The van der Waals surface area contributed by atoms with Crippen molar-refractivity contribution in [3.63, 3.8) is 0 Å². The second-order valence-corrected chi connectivity index (χ2v) is 10.5. The first-order valence-electron chi connectivity index (χ1n) is 12.9. The molecule has 0 aromatic carbocycles. The quantitative estimate of drug-likeness (QED) is 0.375. The molecule has 9 nitrogen and oxygen atoms in total. The van der Waals surface area contributed by atoms with E-state index in [1.54, 1.807) is 19.2 Å². The Labute approximate surface area is 222 Å². The van der Waals surface area contributed by atoms with E-state index in [-0.39, 0.29) is 12.0 Å². The van der Waals surface area contributed by atoms with Crippen LogP contribution in [0.4, 0.5) is 13.2 Å². The number of aryl methyl sites for hydroxylation is 1. The summed E-state index contributed by atoms with van der Waals surface area (Å²) in [6, 6.07) is 7.17. The number of nitrogens with one attached hydrogen (secondary N) is 1. The summed E-state index contributed by atoms with van der Waals surface area (Å²) in [6.07, 6.45) is 5.93. The summed E-state index contributed by atoms with van der Waals surface area (Å²) in [5.41, 5.74) is 1.54. The van der Waals surface area contributed by atoms with Crippen LogP contribution in [-0.2, 0) is 11.7 Å². The topological polar surface area (TPSA) is 109 Å². The zero-order valence-electron chi connectivity index (χ0n) is 21.3. The average molecular weight is 537 g/mol. The number of nitrogens with zero attached hydrogens (tertiary/aromatic N) is 7. The van der Waals surface area contributed by atoms with Gasteiger partial charge in [0.25, 0.3) is 0 Å². The predicted octanol–water partition coefficient (Wildman–Crippen LogP) is 4.86. The van der Waals surface area contributed by atoms with E-state index in [9.17, 15) is 18.4 Å². The van der Waals surface area contributed by atoms with Gasteiger partial charge in [0, 0.05) is 48.5 Å². The second-order valence-electron chi connectivity index (χ2n) is 10.5. The van der Waals surface area contributed by atoms with Crippen LogP contribution in [0.2, 0.25) is 0 Å². The molecule has 1 saturated carbocycles. The van der Waals surface area contributed by atoms with Crippen LogP contribution >= 0.6 is 0 Å². The number of fused-ring (bicyclic) bond motifs is 1. The third-order valence-corrected chi connectivity index (χ3v) is 7.78. The molecule has 0 unspecified atom stereocenters. The van der Waals surface area contributed by atoms with Crippen LogP contribution in [0.5, 0.6) is 5.88 Å². The van der Waals surface area contributed by atoms with Crippen LogP contribution in [-0.4, -0.2) is 59.9 Å². The third kappa shape index (κ3) is 4.83. The summed E-state index contributed by atoms with van der Waals surface area (Å²) < 4.78 is 47.2. The van der Waals surface area contributed by atoms with Crippen molar-refractivity contribution in [3.05, 3.63) is 54.4 Å².